The first-order valence-electron chi connectivity index (χ1n) is 8.54. The Labute approximate surface area is 167 Å². The summed E-state index contributed by atoms with van der Waals surface area (Å²) >= 11 is 7.82. The number of sulfone groups is 1. The number of hydrogen-bond acceptors (Lipinski definition) is 5. The lowest BCUT2D eigenvalue weighted by Crippen LogP contribution is -2.28. The van der Waals surface area contributed by atoms with Crippen LogP contribution in [-0.4, -0.2) is 36.4 Å². The largest absolute Gasteiger partial charge is 0.317 e. The Morgan fingerprint density at radius 2 is 1.96 bits per heavy atom. The van der Waals surface area contributed by atoms with Crippen molar-refractivity contribution in [3.8, 4) is 0 Å². The molecule has 0 amide bonds. The van der Waals surface area contributed by atoms with Crippen LogP contribution in [0.15, 0.2) is 47.5 Å². The van der Waals surface area contributed by atoms with Gasteiger partial charge in [-0.15, -0.1) is 0 Å². The minimum atomic E-state index is -3.00. The van der Waals surface area contributed by atoms with Crippen LogP contribution >= 0.6 is 23.4 Å². The van der Waals surface area contributed by atoms with Gasteiger partial charge in [0.25, 0.3) is 0 Å². The van der Waals surface area contributed by atoms with E-state index in [1.54, 1.807) is 12.1 Å². The molecule has 0 radical (unpaired) electrons. The zero-order valence-corrected chi connectivity index (χ0v) is 17.0. The van der Waals surface area contributed by atoms with Gasteiger partial charge in [0.05, 0.1) is 24.1 Å². The molecule has 0 aliphatic carbocycles. The summed E-state index contributed by atoms with van der Waals surface area (Å²) in [5.74, 6) is -0.0160. The molecule has 4 nitrogen and oxygen atoms in total. The van der Waals surface area contributed by atoms with Gasteiger partial charge in [0.1, 0.15) is 5.82 Å². The molecule has 0 unspecified atom stereocenters. The van der Waals surface area contributed by atoms with Crippen molar-refractivity contribution in [2.24, 2.45) is 4.99 Å². The van der Waals surface area contributed by atoms with E-state index in [0.29, 0.717) is 11.6 Å². The fourth-order valence-electron chi connectivity index (χ4n) is 3.26. The van der Waals surface area contributed by atoms with Crippen molar-refractivity contribution >= 4 is 44.1 Å². The second-order valence-electron chi connectivity index (χ2n) is 6.86. The number of halogens is 2. The van der Waals surface area contributed by atoms with Crippen LogP contribution in [0.5, 0.6) is 0 Å². The molecule has 142 valence electrons. The van der Waals surface area contributed by atoms with Gasteiger partial charge < -0.3 is 4.90 Å². The highest BCUT2D eigenvalue weighted by Crippen LogP contribution is 2.38. The Hall–Kier alpha value is -1.57. The molecule has 2 atom stereocenters. The molecule has 1 fully saturated rings. The van der Waals surface area contributed by atoms with Crippen molar-refractivity contribution in [1.29, 1.82) is 0 Å². The third-order valence-corrected chi connectivity index (χ3v) is 8.41. The van der Waals surface area contributed by atoms with E-state index in [1.165, 1.54) is 23.9 Å². The molecule has 0 N–H and O–H groups in total. The Morgan fingerprint density at radius 1 is 1.22 bits per heavy atom. The highest BCUT2D eigenvalue weighted by atomic mass is 35.5. The number of anilines is 1. The zero-order chi connectivity index (χ0) is 19.2. The highest BCUT2D eigenvalue weighted by Gasteiger charge is 2.44. The lowest BCUT2D eigenvalue weighted by molar-refractivity contribution is 0.601. The third-order valence-electron chi connectivity index (χ3n) is 4.76. The predicted molar refractivity (Wildman–Crippen MR) is 110 cm³/mol. The summed E-state index contributed by atoms with van der Waals surface area (Å²) in [6.07, 6.45) is 0. The normalized spacial score (nSPS) is 23.1. The van der Waals surface area contributed by atoms with E-state index in [2.05, 4.69) is 0 Å². The number of fused-ring (bicyclic) bond motifs is 1. The Morgan fingerprint density at radius 3 is 2.63 bits per heavy atom. The summed E-state index contributed by atoms with van der Waals surface area (Å²) in [4.78, 5) is 6.72. The van der Waals surface area contributed by atoms with Crippen LogP contribution in [0, 0.1) is 12.7 Å². The fraction of sp³-hybridized carbons (Fsp3) is 0.316. The molecule has 2 aromatic rings. The summed E-state index contributed by atoms with van der Waals surface area (Å²) in [5, 5.41) is 1.40. The lowest BCUT2D eigenvalue weighted by Gasteiger charge is -2.25. The molecule has 2 aromatic carbocycles. The summed E-state index contributed by atoms with van der Waals surface area (Å²) in [6, 6.07) is 11.9. The van der Waals surface area contributed by atoms with Crippen molar-refractivity contribution in [2.75, 3.05) is 16.4 Å². The molecule has 27 heavy (non-hydrogen) atoms. The first kappa shape index (κ1) is 18.8. The van der Waals surface area contributed by atoms with Gasteiger partial charge in [-0.05, 0) is 42.3 Å². The topological polar surface area (TPSA) is 49.7 Å². The van der Waals surface area contributed by atoms with Gasteiger partial charge in [0, 0.05) is 16.0 Å². The molecular formula is C19H18ClFN2O2S2. The number of nitrogens with zero attached hydrogens (tertiary/aromatic N) is 2. The maximum Gasteiger partial charge on any atom is 0.164 e. The maximum atomic E-state index is 13.3. The van der Waals surface area contributed by atoms with E-state index in [-0.39, 0.29) is 28.6 Å². The van der Waals surface area contributed by atoms with Crippen LogP contribution in [-0.2, 0) is 16.4 Å². The zero-order valence-electron chi connectivity index (χ0n) is 14.6. The van der Waals surface area contributed by atoms with Crippen LogP contribution in [0.1, 0.15) is 11.1 Å². The number of aryl methyl sites for hydroxylation is 1. The maximum absolute atomic E-state index is 13.3. The fourth-order valence-corrected chi connectivity index (χ4v) is 7.22. The van der Waals surface area contributed by atoms with Gasteiger partial charge in [-0.2, -0.15) is 0 Å². The van der Waals surface area contributed by atoms with Crippen LogP contribution in [0.4, 0.5) is 10.1 Å². The standard InChI is InChI=1S/C19H18ClFN2O2S2/c1-12-2-7-15(8-16(12)20)23(9-13-3-5-14(21)6-4-13)19-22-17-10-27(24,25)11-18(17)26-19/h2-8,17-18H,9-11H2,1H3/t17-,18-/m1/s1. The summed E-state index contributed by atoms with van der Waals surface area (Å²) in [5.41, 5.74) is 2.79. The summed E-state index contributed by atoms with van der Waals surface area (Å²) in [6.45, 7) is 2.44. The first-order chi connectivity index (χ1) is 12.8. The molecule has 8 heteroatoms. The van der Waals surface area contributed by atoms with Crippen LogP contribution in [0.2, 0.25) is 5.02 Å². The van der Waals surface area contributed by atoms with Gasteiger partial charge in [-0.3, -0.25) is 4.99 Å². The lowest BCUT2D eigenvalue weighted by atomic mass is 10.1. The summed E-state index contributed by atoms with van der Waals surface area (Å²) in [7, 11) is -3.00. The van der Waals surface area contributed by atoms with E-state index in [9.17, 15) is 12.8 Å². The monoisotopic (exact) mass is 424 g/mol. The molecule has 0 saturated carbocycles. The second kappa shape index (κ2) is 7.11. The highest BCUT2D eigenvalue weighted by molar-refractivity contribution is 8.15. The molecule has 4 rings (SSSR count). The van der Waals surface area contributed by atoms with Gasteiger partial charge in [-0.1, -0.05) is 41.6 Å². The smallest absolute Gasteiger partial charge is 0.164 e. The van der Waals surface area contributed by atoms with Crippen LogP contribution < -0.4 is 4.90 Å². The molecule has 2 aliphatic heterocycles. The number of hydrogen-bond donors (Lipinski definition) is 0. The quantitative estimate of drug-likeness (QED) is 0.745. The predicted octanol–water partition coefficient (Wildman–Crippen LogP) is 4.06. The van der Waals surface area contributed by atoms with Gasteiger partial charge >= 0.3 is 0 Å². The van der Waals surface area contributed by atoms with Crippen molar-refractivity contribution in [2.45, 2.75) is 24.8 Å². The van der Waals surface area contributed by atoms with Gasteiger partial charge in [0.2, 0.25) is 0 Å². The van der Waals surface area contributed by atoms with E-state index in [1.807, 2.05) is 30.0 Å². The summed E-state index contributed by atoms with van der Waals surface area (Å²) < 4.78 is 37.0. The Bertz CT molecular complexity index is 1010. The number of aliphatic imine (C=N–C) groups is 1. The molecule has 2 aliphatic rings. The number of rotatable bonds is 3. The van der Waals surface area contributed by atoms with Gasteiger partial charge in [-0.25, -0.2) is 12.8 Å². The average Bonchev–Trinajstić information content (AvgIpc) is 3.10. The third kappa shape index (κ3) is 4.00. The van der Waals surface area contributed by atoms with Crippen LogP contribution in [0.25, 0.3) is 0 Å². The molecule has 0 spiro atoms. The Balaban J connectivity index is 1.68. The molecule has 1 saturated heterocycles. The molecule has 0 aromatic heterocycles. The number of benzene rings is 2. The van der Waals surface area contributed by atoms with E-state index < -0.39 is 9.84 Å². The number of amidine groups is 1. The minimum Gasteiger partial charge on any atom is -0.317 e. The van der Waals surface area contributed by atoms with Crippen molar-refractivity contribution in [1.82, 2.24) is 0 Å². The van der Waals surface area contributed by atoms with E-state index in [4.69, 9.17) is 16.6 Å². The van der Waals surface area contributed by atoms with Crippen LogP contribution in [0.3, 0.4) is 0 Å². The SMILES string of the molecule is Cc1ccc(N(Cc2ccc(F)cc2)C2=N[C@@H]3CS(=O)(=O)C[C@H]3S2)cc1Cl. The molecule has 0 bridgehead atoms. The van der Waals surface area contributed by atoms with E-state index >= 15 is 0 Å². The van der Waals surface area contributed by atoms with Crippen molar-refractivity contribution in [3.05, 3.63) is 64.4 Å². The first-order valence-corrected chi connectivity index (χ1v) is 11.6. The van der Waals surface area contributed by atoms with Crippen molar-refractivity contribution in [3.63, 3.8) is 0 Å². The Kier molecular flexibility index (Phi) is 4.94. The molecular weight excluding hydrogens is 407 g/mol. The second-order valence-corrected chi connectivity index (χ2v) is 10.6. The number of thioether (sulfide) groups is 1. The van der Waals surface area contributed by atoms with Gasteiger partial charge in [0.15, 0.2) is 15.0 Å². The van der Waals surface area contributed by atoms with Crippen molar-refractivity contribution < 1.29 is 12.8 Å². The minimum absolute atomic E-state index is 0.0401. The average molecular weight is 425 g/mol. The van der Waals surface area contributed by atoms with E-state index in [0.717, 1.165) is 22.0 Å². The molecule has 2 heterocycles.